The zero-order valence-electron chi connectivity index (χ0n) is 11.1. The van der Waals surface area contributed by atoms with Gasteiger partial charge in [0.25, 0.3) is 0 Å². The van der Waals surface area contributed by atoms with Crippen LogP contribution < -0.4 is 11.1 Å². The molecule has 1 rings (SSSR count). The van der Waals surface area contributed by atoms with E-state index in [-0.39, 0.29) is 29.8 Å². The molecule has 1 aromatic carbocycles. The van der Waals surface area contributed by atoms with Gasteiger partial charge < -0.3 is 11.1 Å². The van der Waals surface area contributed by atoms with Gasteiger partial charge in [0.1, 0.15) is 5.82 Å². The van der Waals surface area contributed by atoms with E-state index in [4.69, 9.17) is 5.73 Å². The number of hydrogen-bond acceptors (Lipinski definition) is 2. The highest BCUT2D eigenvalue weighted by molar-refractivity contribution is 14.0. The molecule has 0 heterocycles. The lowest BCUT2D eigenvalue weighted by Crippen LogP contribution is -2.33. The molecule has 0 saturated heterocycles. The molecule has 0 amide bonds. The van der Waals surface area contributed by atoms with Crippen molar-refractivity contribution in [3.8, 4) is 0 Å². The summed E-state index contributed by atoms with van der Waals surface area (Å²) < 4.78 is 13.3. The number of nitrogens with two attached hydrogens (primary N) is 1. The average Bonchev–Trinajstić information content (AvgIpc) is 2.38. The number of thioether (sulfide) groups is 1. The topological polar surface area (TPSA) is 50.4 Å². The predicted octanol–water partition coefficient (Wildman–Crippen LogP) is 2.99. The van der Waals surface area contributed by atoms with Crippen LogP contribution in [0.5, 0.6) is 0 Å². The van der Waals surface area contributed by atoms with Crippen molar-refractivity contribution in [2.24, 2.45) is 10.7 Å². The van der Waals surface area contributed by atoms with E-state index in [1.165, 1.54) is 6.07 Å². The molecule has 3 N–H and O–H groups in total. The highest BCUT2D eigenvalue weighted by Crippen LogP contribution is 2.14. The molecule has 0 radical (unpaired) electrons. The van der Waals surface area contributed by atoms with Gasteiger partial charge in [-0.05, 0) is 18.1 Å². The lowest BCUT2D eigenvalue weighted by Gasteiger charge is -2.06. The maximum Gasteiger partial charge on any atom is 0.188 e. The van der Waals surface area contributed by atoms with Crippen LogP contribution in [0, 0.1) is 5.82 Å². The molecule has 0 bridgehead atoms. The summed E-state index contributed by atoms with van der Waals surface area (Å²) in [6, 6.07) is 6.86. The predicted molar refractivity (Wildman–Crippen MR) is 92.8 cm³/mol. The van der Waals surface area contributed by atoms with Crippen molar-refractivity contribution in [2.45, 2.75) is 19.1 Å². The van der Waals surface area contributed by atoms with E-state index in [2.05, 4.69) is 17.2 Å². The Morgan fingerprint density at radius 1 is 1.42 bits per heavy atom. The number of guanidine groups is 1. The average molecular weight is 397 g/mol. The molecule has 0 aliphatic carbocycles. The van der Waals surface area contributed by atoms with Gasteiger partial charge in [0, 0.05) is 24.6 Å². The first-order chi connectivity index (χ1) is 8.74. The highest BCUT2D eigenvalue weighted by Gasteiger charge is 2.00. The summed E-state index contributed by atoms with van der Waals surface area (Å²) in [6.07, 6.45) is 0.990. The summed E-state index contributed by atoms with van der Waals surface area (Å²) in [5, 5.41) is 3.03. The molecule has 0 fully saturated rings. The molecule has 3 nitrogen and oxygen atoms in total. The molecule has 6 heteroatoms. The number of benzene rings is 1. The summed E-state index contributed by atoms with van der Waals surface area (Å²) in [7, 11) is 0. The maximum absolute atomic E-state index is 13.3. The Morgan fingerprint density at radius 2 is 2.16 bits per heavy atom. The first kappa shape index (κ1) is 18.5. The summed E-state index contributed by atoms with van der Waals surface area (Å²) in [6.45, 7) is 3.56. The van der Waals surface area contributed by atoms with Gasteiger partial charge >= 0.3 is 0 Å². The van der Waals surface area contributed by atoms with Gasteiger partial charge in [-0.2, -0.15) is 11.8 Å². The number of rotatable bonds is 7. The Hall–Kier alpha value is -0.500. The fraction of sp³-hybridized carbons (Fsp3) is 0.462. The van der Waals surface area contributed by atoms with Crippen LogP contribution in [0.25, 0.3) is 0 Å². The Balaban J connectivity index is 0.00000324. The second-order valence-corrected chi connectivity index (χ2v) is 4.94. The van der Waals surface area contributed by atoms with E-state index in [1.54, 1.807) is 17.8 Å². The van der Waals surface area contributed by atoms with E-state index >= 15 is 0 Å². The molecule has 0 aliphatic rings. The van der Waals surface area contributed by atoms with Crippen LogP contribution in [0.15, 0.2) is 29.3 Å². The molecule has 19 heavy (non-hydrogen) atoms. The van der Waals surface area contributed by atoms with Crippen LogP contribution in [-0.2, 0) is 5.75 Å². The maximum atomic E-state index is 13.3. The molecule has 0 unspecified atom stereocenters. The van der Waals surface area contributed by atoms with Crippen LogP contribution in [-0.4, -0.2) is 24.8 Å². The summed E-state index contributed by atoms with van der Waals surface area (Å²) in [4.78, 5) is 4.13. The Kier molecular flexibility index (Phi) is 11.0. The largest absolute Gasteiger partial charge is 0.370 e. The number of nitrogens with one attached hydrogen (secondary N) is 1. The summed E-state index contributed by atoms with van der Waals surface area (Å²) in [5.41, 5.74) is 6.39. The van der Waals surface area contributed by atoms with E-state index < -0.39 is 0 Å². The zero-order valence-corrected chi connectivity index (χ0v) is 14.2. The minimum Gasteiger partial charge on any atom is -0.370 e. The second kappa shape index (κ2) is 11.3. The smallest absolute Gasteiger partial charge is 0.188 e. The highest BCUT2D eigenvalue weighted by atomic mass is 127. The van der Waals surface area contributed by atoms with Crippen molar-refractivity contribution < 1.29 is 4.39 Å². The minimum absolute atomic E-state index is 0. The molecule has 0 aliphatic heterocycles. The minimum atomic E-state index is -0.137. The SMILES string of the molecule is CCCN=C(N)NCCSCc1ccccc1F.I. The van der Waals surface area contributed by atoms with Crippen molar-refractivity contribution in [3.63, 3.8) is 0 Å². The first-order valence-corrected chi connectivity index (χ1v) is 7.24. The lowest BCUT2D eigenvalue weighted by atomic mass is 10.2. The fourth-order valence-corrected chi connectivity index (χ4v) is 2.18. The second-order valence-electron chi connectivity index (χ2n) is 3.84. The van der Waals surface area contributed by atoms with E-state index in [0.29, 0.717) is 11.7 Å². The van der Waals surface area contributed by atoms with Crippen LogP contribution in [0.4, 0.5) is 4.39 Å². The number of nitrogens with zero attached hydrogens (tertiary/aromatic N) is 1. The van der Waals surface area contributed by atoms with E-state index in [9.17, 15) is 4.39 Å². The van der Waals surface area contributed by atoms with Crippen molar-refractivity contribution in [1.29, 1.82) is 0 Å². The zero-order chi connectivity index (χ0) is 13.2. The van der Waals surface area contributed by atoms with Crippen LogP contribution in [0.3, 0.4) is 0 Å². The number of aliphatic imine (C=N–C) groups is 1. The molecule has 1 aromatic rings. The van der Waals surface area contributed by atoms with Crippen LogP contribution in [0.1, 0.15) is 18.9 Å². The molecular weight excluding hydrogens is 376 g/mol. The third-order valence-corrected chi connectivity index (χ3v) is 3.28. The molecular formula is C13H21FIN3S. The molecule has 0 spiro atoms. The molecule has 108 valence electrons. The Bertz CT molecular complexity index is 388. The van der Waals surface area contributed by atoms with Gasteiger partial charge in [-0.1, -0.05) is 25.1 Å². The van der Waals surface area contributed by atoms with Gasteiger partial charge in [-0.3, -0.25) is 4.99 Å². The Labute approximate surface area is 135 Å². The number of hydrogen-bond donors (Lipinski definition) is 2. The van der Waals surface area contributed by atoms with Crippen LogP contribution >= 0.6 is 35.7 Å². The van der Waals surface area contributed by atoms with Crippen molar-refractivity contribution in [2.75, 3.05) is 18.8 Å². The standard InChI is InChI=1S/C13H20FN3S.HI/c1-2-7-16-13(15)17-8-9-18-10-11-5-3-4-6-12(11)14;/h3-6H,2,7-10H2,1H3,(H3,15,16,17);1H. The normalized spacial score (nSPS) is 10.9. The quantitative estimate of drug-likeness (QED) is 0.322. The van der Waals surface area contributed by atoms with Gasteiger partial charge in [0.2, 0.25) is 0 Å². The monoisotopic (exact) mass is 397 g/mol. The van der Waals surface area contributed by atoms with Crippen molar-refractivity contribution in [1.82, 2.24) is 5.32 Å². The van der Waals surface area contributed by atoms with Crippen molar-refractivity contribution in [3.05, 3.63) is 35.6 Å². The number of halogens is 2. The molecule has 0 atom stereocenters. The first-order valence-electron chi connectivity index (χ1n) is 6.09. The summed E-state index contributed by atoms with van der Waals surface area (Å²) >= 11 is 1.67. The van der Waals surface area contributed by atoms with E-state index in [0.717, 1.165) is 30.8 Å². The third kappa shape index (κ3) is 8.30. The summed E-state index contributed by atoms with van der Waals surface area (Å²) in [5.74, 6) is 1.90. The lowest BCUT2D eigenvalue weighted by molar-refractivity contribution is 0.617. The molecule has 0 saturated carbocycles. The van der Waals surface area contributed by atoms with Crippen LogP contribution in [0.2, 0.25) is 0 Å². The van der Waals surface area contributed by atoms with Gasteiger partial charge in [-0.25, -0.2) is 4.39 Å². The van der Waals surface area contributed by atoms with Gasteiger partial charge in [0.15, 0.2) is 5.96 Å². The molecule has 0 aromatic heterocycles. The Morgan fingerprint density at radius 3 is 2.84 bits per heavy atom. The fourth-order valence-electron chi connectivity index (χ4n) is 1.34. The van der Waals surface area contributed by atoms with Gasteiger partial charge in [-0.15, -0.1) is 24.0 Å². The third-order valence-electron chi connectivity index (χ3n) is 2.27. The van der Waals surface area contributed by atoms with E-state index in [1.807, 2.05) is 12.1 Å². The van der Waals surface area contributed by atoms with Gasteiger partial charge in [0.05, 0.1) is 0 Å². The van der Waals surface area contributed by atoms with Crippen molar-refractivity contribution >= 4 is 41.7 Å².